The minimum absolute atomic E-state index is 0.0217. The van der Waals surface area contributed by atoms with Gasteiger partial charge in [0.2, 0.25) is 5.91 Å². The molecule has 0 spiro atoms. The predicted octanol–water partition coefficient (Wildman–Crippen LogP) is -0.0486. The van der Waals surface area contributed by atoms with Crippen LogP contribution >= 0.6 is 0 Å². The second-order valence-corrected chi connectivity index (χ2v) is 4.27. The zero-order valence-electron chi connectivity index (χ0n) is 9.10. The highest BCUT2D eigenvalue weighted by atomic mass is 16.3. The summed E-state index contributed by atoms with van der Waals surface area (Å²) in [6.07, 6.45) is 0.793. The van der Waals surface area contributed by atoms with Gasteiger partial charge in [-0.25, -0.2) is 0 Å². The molecule has 14 heavy (non-hydrogen) atoms. The average Bonchev–Trinajstić information content (AvgIpc) is 2.10. The highest BCUT2D eigenvalue weighted by Crippen LogP contribution is 2.26. The van der Waals surface area contributed by atoms with Crippen molar-refractivity contribution in [1.82, 2.24) is 4.90 Å². The number of carbonyl (C=O) groups excluding carboxylic acids is 1. The van der Waals surface area contributed by atoms with Crippen molar-refractivity contribution in [2.75, 3.05) is 6.61 Å². The van der Waals surface area contributed by atoms with Crippen molar-refractivity contribution in [3.63, 3.8) is 0 Å². The first-order valence-corrected chi connectivity index (χ1v) is 5.14. The van der Waals surface area contributed by atoms with E-state index in [4.69, 9.17) is 10.8 Å². The topological polar surface area (TPSA) is 66.6 Å². The van der Waals surface area contributed by atoms with E-state index >= 15 is 0 Å². The summed E-state index contributed by atoms with van der Waals surface area (Å²) < 4.78 is 0. The van der Waals surface area contributed by atoms with Crippen LogP contribution in [0.5, 0.6) is 0 Å². The number of likely N-dealkylation sites (tertiary alicyclic amines) is 1. The standard InChI is InChI=1S/C10H20N2O2/c1-6-4-9(5-13)10(11)7(2)12(6)8(3)14/h6-7,9-10,13H,4-5,11H2,1-3H3. The number of piperidine rings is 1. The van der Waals surface area contributed by atoms with Gasteiger partial charge in [0.25, 0.3) is 0 Å². The van der Waals surface area contributed by atoms with Crippen LogP contribution in [-0.2, 0) is 4.79 Å². The second kappa shape index (κ2) is 4.28. The van der Waals surface area contributed by atoms with Crippen LogP contribution in [0, 0.1) is 5.92 Å². The lowest BCUT2D eigenvalue weighted by molar-refractivity contribution is -0.137. The highest BCUT2D eigenvalue weighted by Gasteiger charge is 2.37. The normalized spacial score (nSPS) is 38.5. The lowest BCUT2D eigenvalue weighted by atomic mass is 9.83. The molecule has 0 aliphatic carbocycles. The second-order valence-electron chi connectivity index (χ2n) is 4.27. The molecule has 4 unspecified atom stereocenters. The largest absolute Gasteiger partial charge is 0.396 e. The van der Waals surface area contributed by atoms with Gasteiger partial charge in [-0.05, 0) is 20.3 Å². The van der Waals surface area contributed by atoms with E-state index in [1.807, 2.05) is 18.7 Å². The van der Waals surface area contributed by atoms with E-state index in [9.17, 15) is 4.79 Å². The SMILES string of the molecule is CC(=O)N1C(C)CC(CO)C(N)C1C. The first kappa shape index (κ1) is 11.5. The smallest absolute Gasteiger partial charge is 0.219 e. The van der Waals surface area contributed by atoms with E-state index in [-0.39, 0.29) is 36.6 Å². The van der Waals surface area contributed by atoms with Crippen LogP contribution in [0.2, 0.25) is 0 Å². The summed E-state index contributed by atoms with van der Waals surface area (Å²) in [4.78, 5) is 13.2. The molecule has 0 saturated carbocycles. The van der Waals surface area contributed by atoms with Crippen molar-refractivity contribution in [2.24, 2.45) is 11.7 Å². The number of aliphatic hydroxyl groups is 1. The van der Waals surface area contributed by atoms with Gasteiger partial charge in [0, 0.05) is 37.6 Å². The molecule has 1 heterocycles. The van der Waals surface area contributed by atoms with Gasteiger partial charge < -0.3 is 15.7 Å². The van der Waals surface area contributed by atoms with Gasteiger partial charge in [0.05, 0.1) is 0 Å². The summed E-state index contributed by atoms with van der Waals surface area (Å²) in [5, 5.41) is 9.14. The Morgan fingerprint density at radius 3 is 2.57 bits per heavy atom. The molecule has 0 bridgehead atoms. The molecular weight excluding hydrogens is 180 g/mol. The molecule has 1 saturated heterocycles. The fraction of sp³-hybridized carbons (Fsp3) is 0.900. The molecule has 4 atom stereocenters. The minimum atomic E-state index is -0.111. The van der Waals surface area contributed by atoms with Crippen LogP contribution in [0.3, 0.4) is 0 Å². The molecular formula is C10H20N2O2. The van der Waals surface area contributed by atoms with E-state index in [0.717, 1.165) is 6.42 Å². The highest BCUT2D eigenvalue weighted by molar-refractivity contribution is 5.74. The van der Waals surface area contributed by atoms with E-state index in [0.29, 0.717) is 0 Å². The first-order chi connectivity index (χ1) is 6.49. The van der Waals surface area contributed by atoms with E-state index in [1.165, 1.54) is 0 Å². The Bertz CT molecular complexity index is 220. The molecule has 1 rings (SSSR count). The van der Waals surface area contributed by atoms with Crippen LogP contribution in [0.1, 0.15) is 27.2 Å². The Morgan fingerprint density at radius 1 is 1.57 bits per heavy atom. The lowest BCUT2D eigenvalue weighted by Gasteiger charge is -2.45. The van der Waals surface area contributed by atoms with Crippen molar-refractivity contribution in [3.05, 3.63) is 0 Å². The third-order valence-electron chi connectivity index (χ3n) is 3.26. The summed E-state index contributed by atoms with van der Waals surface area (Å²) >= 11 is 0. The molecule has 4 nitrogen and oxygen atoms in total. The van der Waals surface area contributed by atoms with Crippen LogP contribution in [0.15, 0.2) is 0 Å². The van der Waals surface area contributed by atoms with E-state index < -0.39 is 0 Å². The Kier molecular flexibility index (Phi) is 3.50. The molecule has 1 aliphatic heterocycles. The summed E-state index contributed by atoms with van der Waals surface area (Å²) in [7, 11) is 0. The van der Waals surface area contributed by atoms with Gasteiger partial charge in [-0.2, -0.15) is 0 Å². The molecule has 3 N–H and O–H groups in total. The Hall–Kier alpha value is -0.610. The maximum atomic E-state index is 11.4. The van der Waals surface area contributed by atoms with Crippen LogP contribution in [0.4, 0.5) is 0 Å². The molecule has 4 heteroatoms. The van der Waals surface area contributed by atoms with Gasteiger partial charge in [-0.3, -0.25) is 4.79 Å². The number of nitrogens with zero attached hydrogens (tertiary/aromatic N) is 1. The average molecular weight is 200 g/mol. The monoisotopic (exact) mass is 200 g/mol. The lowest BCUT2D eigenvalue weighted by Crippen LogP contribution is -2.60. The van der Waals surface area contributed by atoms with Gasteiger partial charge in [0.15, 0.2) is 0 Å². The fourth-order valence-electron chi connectivity index (χ4n) is 2.48. The molecule has 0 radical (unpaired) electrons. The Morgan fingerprint density at radius 2 is 2.14 bits per heavy atom. The molecule has 0 aromatic heterocycles. The predicted molar refractivity (Wildman–Crippen MR) is 54.6 cm³/mol. The van der Waals surface area contributed by atoms with Crippen LogP contribution < -0.4 is 5.73 Å². The maximum absolute atomic E-state index is 11.4. The number of carbonyl (C=O) groups is 1. The molecule has 1 fully saturated rings. The fourth-order valence-corrected chi connectivity index (χ4v) is 2.48. The number of hydrogen-bond donors (Lipinski definition) is 2. The van der Waals surface area contributed by atoms with E-state index in [2.05, 4.69) is 0 Å². The van der Waals surface area contributed by atoms with Gasteiger partial charge in [-0.15, -0.1) is 0 Å². The van der Waals surface area contributed by atoms with Gasteiger partial charge in [-0.1, -0.05) is 0 Å². The molecule has 0 aromatic carbocycles. The number of amides is 1. The van der Waals surface area contributed by atoms with Crippen molar-refractivity contribution in [2.45, 2.75) is 45.3 Å². The van der Waals surface area contributed by atoms with Crippen LogP contribution in [-0.4, -0.2) is 40.6 Å². The molecule has 0 aromatic rings. The number of nitrogens with two attached hydrogens (primary N) is 1. The summed E-state index contributed by atoms with van der Waals surface area (Å²) in [5.74, 6) is 0.187. The zero-order chi connectivity index (χ0) is 10.9. The number of aliphatic hydroxyl groups excluding tert-OH is 1. The zero-order valence-corrected chi connectivity index (χ0v) is 9.10. The van der Waals surface area contributed by atoms with Gasteiger partial charge in [0.1, 0.15) is 0 Å². The molecule has 82 valence electrons. The Labute approximate surface area is 85.1 Å². The summed E-state index contributed by atoms with van der Waals surface area (Å²) in [6, 6.07) is 0.0907. The maximum Gasteiger partial charge on any atom is 0.219 e. The summed E-state index contributed by atoms with van der Waals surface area (Å²) in [5.41, 5.74) is 5.97. The van der Waals surface area contributed by atoms with Crippen molar-refractivity contribution < 1.29 is 9.90 Å². The minimum Gasteiger partial charge on any atom is -0.396 e. The number of rotatable bonds is 1. The molecule has 1 aliphatic rings. The third-order valence-corrected chi connectivity index (χ3v) is 3.26. The molecule has 1 amide bonds. The van der Waals surface area contributed by atoms with E-state index in [1.54, 1.807) is 6.92 Å². The van der Waals surface area contributed by atoms with Crippen molar-refractivity contribution >= 4 is 5.91 Å². The summed E-state index contributed by atoms with van der Waals surface area (Å²) in [6.45, 7) is 5.64. The number of hydrogen-bond acceptors (Lipinski definition) is 3. The van der Waals surface area contributed by atoms with Crippen LogP contribution in [0.25, 0.3) is 0 Å². The third kappa shape index (κ3) is 1.91. The van der Waals surface area contributed by atoms with Gasteiger partial charge >= 0.3 is 0 Å². The first-order valence-electron chi connectivity index (χ1n) is 5.14. The van der Waals surface area contributed by atoms with Crippen molar-refractivity contribution in [3.8, 4) is 0 Å². The van der Waals surface area contributed by atoms with Crippen molar-refractivity contribution in [1.29, 1.82) is 0 Å². The Balaban J connectivity index is 2.79. The quantitative estimate of drug-likeness (QED) is 0.623.